The monoisotopic (exact) mass is 343 g/mol. The highest BCUT2D eigenvalue weighted by molar-refractivity contribution is 7.15. The Kier molecular flexibility index (Phi) is 4.76. The topological polar surface area (TPSA) is 45.2 Å². The largest absolute Gasteiger partial charge is 0.427 e. The van der Waals surface area contributed by atoms with Crippen LogP contribution in [-0.4, -0.2) is 52.6 Å². The number of nitrogens with zero attached hydrogens (tertiary/aromatic N) is 5. The van der Waals surface area contributed by atoms with Gasteiger partial charge in [-0.25, -0.2) is 4.98 Å². The highest BCUT2D eigenvalue weighted by Crippen LogP contribution is 2.36. The number of halogens is 3. The summed E-state index contributed by atoms with van der Waals surface area (Å²) in [5.41, 5.74) is 0.949. The van der Waals surface area contributed by atoms with Crippen LogP contribution in [0.15, 0.2) is 24.8 Å². The second-order valence-electron chi connectivity index (χ2n) is 5.28. The molecule has 23 heavy (non-hydrogen) atoms. The maximum atomic E-state index is 12.6. The fourth-order valence-electron chi connectivity index (χ4n) is 2.44. The van der Waals surface area contributed by atoms with Crippen molar-refractivity contribution < 1.29 is 13.2 Å². The highest BCUT2D eigenvalue weighted by atomic mass is 32.1. The minimum atomic E-state index is -4.31. The molecule has 5 nitrogen and oxygen atoms in total. The van der Waals surface area contributed by atoms with Crippen LogP contribution in [-0.2, 0) is 12.6 Å². The Morgan fingerprint density at radius 2 is 1.83 bits per heavy atom. The van der Waals surface area contributed by atoms with Crippen LogP contribution in [0.1, 0.15) is 10.6 Å². The van der Waals surface area contributed by atoms with Crippen LogP contribution in [0, 0.1) is 0 Å². The number of piperazine rings is 1. The van der Waals surface area contributed by atoms with Crippen LogP contribution in [0.3, 0.4) is 0 Å². The lowest BCUT2D eigenvalue weighted by Crippen LogP contribution is -2.47. The number of thiazole rings is 1. The standard InChI is InChI=1S/C14H16F3N5S/c15-14(16,17)12-10-20-13(23-12)22-7-5-21(6-8-22)4-1-11-9-18-2-3-19-11/h2-3,9-10H,1,4-8H2. The fourth-order valence-corrected chi connectivity index (χ4v) is 3.27. The molecule has 0 radical (unpaired) electrons. The summed E-state index contributed by atoms with van der Waals surface area (Å²) in [4.78, 5) is 15.7. The lowest BCUT2D eigenvalue weighted by atomic mass is 10.2. The van der Waals surface area contributed by atoms with E-state index >= 15 is 0 Å². The van der Waals surface area contributed by atoms with Crippen molar-refractivity contribution in [2.45, 2.75) is 12.6 Å². The van der Waals surface area contributed by atoms with Crippen LogP contribution in [0.2, 0.25) is 0 Å². The van der Waals surface area contributed by atoms with Gasteiger partial charge in [0.05, 0.1) is 11.9 Å². The maximum Gasteiger partial charge on any atom is 0.427 e. The second kappa shape index (κ2) is 6.79. The predicted molar refractivity (Wildman–Crippen MR) is 81.5 cm³/mol. The zero-order valence-electron chi connectivity index (χ0n) is 12.3. The van der Waals surface area contributed by atoms with E-state index in [0.717, 1.165) is 37.9 Å². The van der Waals surface area contributed by atoms with Crippen molar-refractivity contribution in [3.8, 4) is 0 Å². The van der Waals surface area contributed by atoms with Gasteiger partial charge in [0.2, 0.25) is 0 Å². The average molecular weight is 343 g/mol. The molecule has 0 aromatic carbocycles. The Bertz CT molecular complexity index is 623. The Labute approximate surface area is 135 Å². The molecule has 0 saturated carbocycles. The third kappa shape index (κ3) is 4.17. The number of anilines is 1. The van der Waals surface area contributed by atoms with E-state index in [-0.39, 0.29) is 0 Å². The Balaban J connectivity index is 1.49. The normalized spacial score (nSPS) is 16.7. The summed E-state index contributed by atoms with van der Waals surface area (Å²) in [6.45, 7) is 3.86. The Hall–Kier alpha value is -1.74. The molecule has 0 aliphatic carbocycles. The van der Waals surface area contributed by atoms with Crippen molar-refractivity contribution >= 4 is 16.5 Å². The Morgan fingerprint density at radius 3 is 2.43 bits per heavy atom. The van der Waals surface area contributed by atoms with Gasteiger partial charge in [0.15, 0.2) is 5.13 Å². The van der Waals surface area contributed by atoms with Crippen LogP contribution in [0.25, 0.3) is 0 Å². The van der Waals surface area contributed by atoms with E-state index in [2.05, 4.69) is 19.9 Å². The second-order valence-corrected chi connectivity index (χ2v) is 6.29. The molecule has 2 aromatic rings. The molecule has 0 unspecified atom stereocenters. The lowest BCUT2D eigenvalue weighted by molar-refractivity contribution is -0.134. The predicted octanol–water partition coefficient (Wildman–Crippen LogP) is 2.32. The van der Waals surface area contributed by atoms with Gasteiger partial charge in [-0.2, -0.15) is 13.2 Å². The number of alkyl halides is 3. The van der Waals surface area contributed by atoms with Crippen molar-refractivity contribution in [3.05, 3.63) is 35.4 Å². The van der Waals surface area contributed by atoms with Crippen LogP contribution >= 0.6 is 11.3 Å². The van der Waals surface area contributed by atoms with Gasteiger partial charge in [0.1, 0.15) is 4.88 Å². The minimum absolute atomic E-state index is 0.450. The molecular weight excluding hydrogens is 327 g/mol. The molecule has 124 valence electrons. The third-order valence-corrected chi connectivity index (χ3v) is 4.82. The van der Waals surface area contributed by atoms with E-state index < -0.39 is 11.1 Å². The van der Waals surface area contributed by atoms with Crippen molar-refractivity contribution in [1.82, 2.24) is 19.9 Å². The van der Waals surface area contributed by atoms with Crippen LogP contribution < -0.4 is 4.90 Å². The third-order valence-electron chi connectivity index (χ3n) is 3.72. The first kappa shape index (κ1) is 16.1. The quantitative estimate of drug-likeness (QED) is 0.852. The summed E-state index contributed by atoms with van der Waals surface area (Å²) in [6, 6.07) is 0. The molecule has 9 heteroatoms. The summed E-state index contributed by atoms with van der Waals surface area (Å²) >= 11 is 0.711. The summed E-state index contributed by atoms with van der Waals surface area (Å²) in [6.07, 6.45) is 2.50. The molecule has 0 N–H and O–H groups in total. The van der Waals surface area contributed by atoms with Gasteiger partial charge in [-0.05, 0) is 0 Å². The zero-order valence-corrected chi connectivity index (χ0v) is 13.1. The van der Waals surface area contributed by atoms with Crippen LogP contribution in [0.5, 0.6) is 0 Å². The summed E-state index contributed by atoms with van der Waals surface area (Å²) < 4.78 is 37.9. The molecule has 0 atom stereocenters. The van der Waals surface area contributed by atoms with Gasteiger partial charge in [0, 0.05) is 57.7 Å². The van der Waals surface area contributed by atoms with Gasteiger partial charge in [-0.3, -0.25) is 14.9 Å². The Morgan fingerprint density at radius 1 is 1.04 bits per heavy atom. The van der Waals surface area contributed by atoms with Crippen molar-refractivity contribution in [1.29, 1.82) is 0 Å². The van der Waals surface area contributed by atoms with Crippen molar-refractivity contribution in [2.75, 3.05) is 37.6 Å². The number of rotatable bonds is 4. The van der Waals surface area contributed by atoms with Crippen molar-refractivity contribution in [3.63, 3.8) is 0 Å². The fraction of sp³-hybridized carbons (Fsp3) is 0.500. The molecule has 0 bridgehead atoms. The van der Waals surface area contributed by atoms with E-state index in [9.17, 15) is 13.2 Å². The SMILES string of the molecule is FC(F)(F)c1cnc(N2CCN(CCc3cnccn3)CC2)s1. The summed E-state index contributed by atoms with van der Waals surface area (Å²) in [7, 11) is 0. The molecule has 3 heterocycles. The van der Waals surface area contributed by atoms with Crippen molar-refractivity contribution in [2.24, 2.45) is 0 Å². The number of hydrogen-bond donors (Lipinski definition) is 0. The molecule has 0 amide bonds. The van der Waals surface area contributed by atoms with Gasteiger partial charge < -0.3 is 4.90 Å². The van der Waals surface area contributed by atoms with E-state index in [1.807, 2.05) is 4.90 Å². The molecular formula is C14H16F3N5S. The van der Waals surface area contributed by atoms with Crippen LogP contribution in [0.4, 0.5) is 18.3 Å². The highest BCUT2D eigenvalue weighted by Gasteiger charge is 2.34. The first-order valence-electron chi connectivity index (χ1n) is 7.27. The molecule has 2 aromatic heterocycles. The van der Waals surface area contributed by atoms with Gasteiger partial charge >= 0.3 is 6.18 Å². The first-order chi connectivity index (χ1) is 11.0. The molecule has 1 aliphatic rings. The summed E-state index contributed by atoms with van der Waals surface area (Å²) in [5.74, 6) is 0. The van der Waals surface area contributed by atoms with Gasteiger partial charge in [-0.15, -0.1) is 0 Å². The molecule has 0 spiro atoms. The minimum Gasteiger partial charge on any atom is -0.346 e. The number of hydrogen-bond acceptors (Lipinski definition) is 6. The van der Waals surface area contributed by atoms with E-state index in [1.165, 1.54) is 0 Å². The molecule has 3 rings (SSSR count). The summed E-state index contributed by atoms with van der Waals surface area (Å²) in [5, 5.41) is 0.450. The smallest absolute Gasteiger partial charge is 0.346 e. The molecule has 1 saturated heterocycles. The average Bonchev–Trinajstić information content (AvgIpc) is 3.05. The first-order valence-corrected chi connectivity index (χ1v) is 8.09. The molecule has 1 aliphatic heterocycles. The van der Waals surface area contributed by atoms with E-state index in [4.69, 9.17) is 0 Å². The van der Waals surface area contributed by atoms with E-state index in [1.54, 1.807) is 18.6 Å². The molecule has 1 fully saturated rings. The van der Waals surface area contributed by atoms with E-state index in [0.29, 0.717) is 29.6 Å². The lowest BCUT2D eigenvalue weighted by Gasteiger charge is -2.34. The van der Waals surface area contributed by atoms with Gasteiger partial charge in [0.25, 0.3) is 0 Å². The van der Waals surface area contributed by atoms with Gasteiger partial charge in [-0.1, -0.05) is 11.3 Å². The zero-order chi connectivity index (χ0) is 16.3. The maximum absolute atomic E-state index is 12.6. The number of aromatic nitrogens is 3.